The molecule has 2 N–H and O–H groups in total. The molecule has 27 heavy (non-hydrogen) atoms. The predicted molar refractivity (Wildman–Crippen MR) is 123 cm³/mol. The summed E-state index contributed by atoms with van der Waals surface area (Å²) in [5.41, 5.74) is 1.09. The molecule has 1 saturated heterocycles. The van der Waals surface area contributed by atoms with Crippen LogP contribution in [0.4, 0.5) is 0 Å². The molecule has 1 aliphatic heterocycles. The second-order valence-electron chi connectivity index (χ2n) is 6.60. The Morgan fingerprint density at radius 3 is 2.85 bits per heavy atom. The number of hydrogen-bond acceptors (Lipinski definition) is 4. The summed E-state index contributed by atoms with van der Waals surface area (Å²) in [5.74, 6) is 1.58. The zero-order chi connectivity index (χ0) is 18.9. The van der Waals surface area contributed by atoms with E-state index in [1.807, 2.05) is 18.2 Å². The van der Waals surface area contributed by atoms with Crippen LogP contribution >= 0.6 is 35.6 Å². The second kappa shape index (κ2) is 12.6. The van der Waals surface area contributed by atoms with Crippen molar-refractivity contribution in [3.8, 4) is 5.75 Å². The van der Waals surface area contributed by atoms with Gasteiger partial charge in [0.25, 0.3) is 0 Å². The van der Waals surface area contributed by atoms with Crippen LogP contribution in [-0.4, -0.2) is 69.9 Å². The number of aliphatic imine (C=N–C) groups is 1. The number of morpholine rings is 1. The van der Waals surface area contributed by atoms with Crippen molar-refractivity contribution in [2.75, 3.05) is 47.0 Å². The number of halogens is 2. The monoisotopic (exact) mass is 510 g/mol. The Morgan fingerprint density at radius 2 is 2.22 bits per heavy atom. The van der Waals surface area contributed by atoms with Gasteiger partial charge in [-0.2, -0.15) is 0 Å². The smallest absolute Gasteiger partial charge is 0.191 e. The first-order valence-corrected chi connectivity index (χ1v) is 9.53. The lowest BCUT2D eigenvalue weighted by molar-refractivity contribution is -0.0174. The van der Waals surface area contributed by atoms with Gasteiger partial charge in [0, 0.05) is 43.8 Å². The van der Waals surface area contributed by atoms with Crippen molar-refractivity contribution in [2.45, 2.75) is 32.4 Å². The van der Waals surface area contributed by atoms with E-state index in [4.69, 9.17) is 21.1 Å². The minimum atomic E-state index is 0. The van der Waals surface area contributed by atoms with Gasteiger partial charge in [0.05, 0.1) is 20.3 Å². The molecule has 0 aromatic heterocycles. The van der Waals surface area contributed by atoms with Crippen molar-refractivity contribution in [1.82, 2.24) is 15.5 Å². The van der Waals surface area contributed by atoms with Crippen LogP contribution in [0.3, 0.4) is 0 Å². The maximum atomic E-state index is 6.29. The molecule has 0 bridgehead atoms. The Morgan fingerprint density at radius 1 is 1.44 bits per heavy atom. The summed E-state index contributed by atoms with van der Waals surface area (Å²) in [6.07, 6.45) is 0.819. The van der Waals surface area contributed by atoms with E-state index >= 15 is 0 Å². The van der Waals surface area contributed by atoms with Crippen LogP contribution in [0, 0.1) is 0 Å². The summed E-state index contributed by atoms with van der Waals surface area (Å²) >= 11 is 6.29. The molecule has 1 fully saturated rings. The normalized spacial score (nSPS) is 19.1. The van der Waals surface area contributed by atoms with Gasteiger partial charge >= 0.3 is 0 Å². The van der Waals surface area contributed by atoms with E-state index < -0.39 is 0 Å². The summed E-state index contributed by atoms with van der Waals surface area (Å²) in [6, 6.07) is 6.64. The van der Waals surface area contributed by atoms with Gasteiger partial charge in [-0.3, -0.25) is 9.89 Å². The van der Waals surface area contributed by atoms with Gasteiger partial charge in [-0.15, -0.1) is 24.0 Å². The summed E-state index contributed by atoms with van der Waals surface area (Å²) in [6.45, 7) is 8.64. The Hall–Kier alpha value is -0.770. The number of nitrogens with zero attached hydrogens (tertiary/aromatic N) is 2. The van der Waals surface area contributed by atoms with E-state index in [1.54, 1.807) is 14.2 Å². The third-order valence-electron chi connectivity index (χ3n) is 4.72. The van der Waals surface area contributed by atoms with Gasteiger partial charge in [-0.05, 0) is 38.0 Å². The highest BCUT2D eigenvalue weighted by Gasteiger charge is 2.23. The number of guanidine groups is 1. The van der Waals surface area contributed by atoms with Gasteiger partial charge in [0.2, 0.25) is 0 Å². The topological polar surface area (TPSA) is 58.1 Å². The average molecular weight is 511 g/mol. The molecule has 2 rings (SSSR count). The molecule has 1 aliphatic rings. The fourth-order valence-electron chi connectivity index (χ4n) is 3.15. The first kappa shape index (κ1) is 24.3. The highest BCUT2D eigenvalue weighted by atomic mass is 127. The molecule has 0 spiro atoms. The van der Waals surface area contributed by atoms with Crippen molar-refractivity contribution >= 4 is 41.5 Å². The minimum absolute atomic E-state index is 0. The first-order chi connectivity index (χ1) is 12.5. The average Bonchev–Trinajstić information content (AvgIpc) is 2.65. The van der Waals surface area contributed by atoms with Gasteiger partial charge < -0.3 is 20.1 Å². The molecule has 0 radical (unpaired) electrons. The fourth-order valence-corrected chi connectivity index (χ4v) is 3.42. The molecular weight excluding hydrogens is 479 g/mol. The van der Waals surface area contributed by atoms with Crippen molar-refractivity contribution < 1.29 is 9.47 Å². The van der Waals surface area contributed by atoms with E-state index in [2.05, 4.69) is 34.4 Å². The molecule has 0 saturated carbocycles. The number of ether oxygens (including phenoxy) is 2. The van der Waals surface area contributed by atoms with Crippen molar-refractivity contribution in [3.63, 3.8) is 0 Å². The molecular formula is C19H32ClIN4O2. The van der Waals surface area contributed by atoms with Crippen LogP contribution in [0.1, 0.15) is 19.4 Å². The Kier molecular flexibility index (Phi) is 11.4. The van der Waals surface area contributed by atoms with Crippen molar-refractivity contribution in [1.29, 1.82) is 0 Å². The summed E-state index contributed by atoms with van der Waals surface area (Å²) in [7, 11) is 3.43. The number of hydrogen-bond donors (Lipinski definition) is 2. The molecule has 154 valence electrons. The zero-order valence-electron chi connectivity index (χ0n) is 16.6. The summed E-state index contributed by atoms with van der Waals surface area (Å²) in [4.78, 5) is 6.78. The van der Waals surface area contributed by atoms with Crippen molar-refractivity contribution in [3.05, 3.63) is 28.8 Å². The van der Waals surface area contributed by atoms with Gasteiger partial charge in [-0.1, -0.05) is 17.7 Å². The lowest BCUT2D eigenvalue weighted by Gasteiger charge is -2.38. The van der Waals surface area contributed by atoms with Crippen LogP contribution in [-0.2, 0) is 11.2 Å². The molecule has 0 aliphatic carbocycles. The molecule has 1 aromatic carbocycles. The Balaban J connectivity index is 0.00000364. The first-order valence-electron chi connectivity index (χ1n) is 9.15. The van der Waals surface area contributed by atoms with Crippen LogP contribution in [0.2, 0.25) is 5.02 Å². The quantitative estimate of drug-likeness (QED) is 0.336. The van der Waals surface area contributed by atoms with Gasteiger partial charge in [0.1, 0.15) is 5.75 Å². The van der Waals surface area contributed by atoms with Crippen molar-refractivity contribution in [2.24, 2.45) is 4.99 Å². The minimum Gasteiger partial charge on any atom is -0.497 e. The number of rotatable bonds is 7. The third kappa shape index (κ3) is 7.63. The van der Waals surface area contributed by atoms with E-state index in [0.29, 0.717) is 12.1 Å². The fraction of sp³-hybridized carbons (Fsp3) is 0.632. The largest absolute Gasteiger partial charge is 0.497 e. The maximum absolute atomic E-state index is 6.29. The van der Waals surface area contributed by atoms with Crippen LogP contribution < -0.4 is 15.4 Å². The Bertz CT molecular complexity index is 603. The highest BCUT2D eigenvalue weighted by molar-refractivity contribution is 14.0. The van der Waals surface area contributed by atoms with E-state index in [1.165, 1.54) is 0 Å². The molecule has 1 heterocycles. The summed E-state index contributed by atoms with van der Waals surface area (Å²) < 4.78 is 10.7. The number of benzene rings is 1. The number of methoxy groups -OCH3 is 1. The third-order valence-corrected chi connectivity index (χ3v) is 5.07. The van der Waals surface area contributed by atoms with E-state index in [-0.39, 0.29) is 24.0 Å². The summed E-state index contributed by atoms with van der Waals surface area (Å²) in [5, 5.41) is 7.48. The molecule has 0 amide bonds. The van der Waals surface area contributed by atoms with E-state index in [0.717, 1.165) is 61.6 Å². The molecule has 6 nitrogen and oxygen atoms in total. The Labute approximate surface area is 185 Å². The molecule has 2 atom stereocenters. The van der Waals surface area contributed by atoms with Gasteiger partial charge in [0.15, 0.2) is 5.96 Å². The molecule has 1 aromatic rings. The van der Waals surface area contributed by atoms with Gasteiger partial charge in [-0.25, -0.2) is 0 Å². The maximum Gasteiger partial charge on any atom is 0.191 e. The zero-order valence-corrected chi connectivity index (χ0v) is 19.7. The predicted octanol–water partition coefficient (Wildman–Crippen LogP) is 2.78. The van der Waals surface area contributed by atoms with Crippen LogP contribution in [0.25, 0.3) is 0 Å². The SMILES string of the molecule is CN=C(NCCc1ccc(OC)cc1Cl)NCC(C)N1CCOCC1C.I. The molecule has 8 heteroatoms. The molecule has 2 unspecified atom stereocenters. The highest BCUT2D eigenvalue weighted by Crippen LogP contribution is 2.22. The van der Waals surface area contributed by atoms with Crippen LogP contribution in [0.5, 0.6) is 5.75 Å². The number of nitrogens with one attached hydrogen (secondary N) is 2. The second-order valence-corrected chi connectivity index (χ2v) is 7.01. The van der Waals surface area contributed by atoms with Crippen LogP contribution in [0.15, 0.2) is 23.2 Å². The lowest BCUT2D eigenvalue weighted by Crippen LogP contribution is -2.53. The van der Waals surface area contributed by atoms with E-state index in [9.17, 15) is 0 Å². The standard InChI is InChI=1S/C19H31ClN4O2.HI/c1-14(24-9-10-26-13-15(24)2)12-23-19(21-3)22-8-7-16-5-6-17(25-4)11-18(16)20;/h5-6,11,14-15H,7-10,12-13H2,1-4H3,(H2,21,22,23);1H. The lowest BCUT2D eigenvalue weighted by atomic mass is 10.1.